The normalized spacial score (nSPS) is 20.1. The maximum Gasteiger partial charge on any atom is 0.118 e. The van der Waals surface area contributed by atoms with Crippen molar-refractivity contribution in [3.8, 4) is 5.75 Å². The van der Waals surface area contributed by atoms with Crippen molar-refractivity contribution in [2.75, 3.05) is 13.7 Å². The van der Waals surface area contributed by atoms with Crippen LogP contribution in [0.4, 0.5) is 0 Å². The lowest BCUT2D eigenvalue weighted by molar-refractivity contribution is 0.414. The minimum absolute atomic E-state index is 0.658. The predicted molar refractivity (Wildman–Crippen MR) is 65.4 cm³/mol. The lowest BCUT2D eigenvalue weighted by Gasteiger charge is -2.07. The van der Waals surface area contributed by atoms with E-state index in [0.29, 0.717) is 5.92 Å². The molecule has 1 fully saturated rings. The van der Waals surface area contributed by atoms with E-state index < -0.39 is 0 Å². The Morgan fingerprint density at radius 3 is 2.67 bits per heavy atom. The summed E-state index contributed by atoms with van der Waals surface area (Å²) >= 11 is 5.12. The van der Waals surface area contributed by atoms with Gasteiger partial charge in [-0.05, 0) is 30.0 Å². The summed E-state index contributed by atoms with van der Waals surface area (Å²) < 4.78 is 5.12. The summed E-state index contributed by atoms with van der Waals surface area (Å²) in [5.74, 6) is 1.57. The Labute approximate surface area is 95.6 Å². The predicted octanol–water partition coefficient (Wildman–Crippen LogP) is 2.17. The van der Waals surface area contributed by atoms with Crippen LogP contribution in [0, 0.1) is 5.92 Å². The summed E-state index contributed by atoms with van der Waals surface area (Å²) in [4.78, 5) is 1.01. The van der Waals surface area contributed by atoms with E-state index >= 15 is 0 Å². The van der Waals surface area contributed by atoms with Gasteiger partial charge in [0.05, 0.1) is 12.1 Å². The summed E-state index contributed by atoms with van der Waals surface area (Å²) in [7, 11) is 1.69. The molecular weight excluding hydrogens is 206 g/mol. The smallest absolute Gasteiger partial charge is 0.118 e. The Balaban J connectivity index is 1.96. The highest BCUT2D eigenvalue weighted by Gasteiger charge is 2.18. The number of nitrogens with one attached hydrogen (secondary N) is 1. The summed E-state index contributed by atoms with van der Waals surface area (Å²) in [6.45, 7) is 1.02. The lowest BCUT2D eigenvalue weighted by atomic mass is 9.99. The second-order valence-corrected chi connectivity index (χ2v) is 4.42. The Morgan fingerprint density at radius 1 is 1.40 bits per heavy atom. The third-order valence-electron chi connectivity index (χ3n) is 2.75. The Morgan fingerprint density at radius 2 is 2.13 bits per heavy atom. The first-order valence-corrected chi connectivity index (χ1v) is 5.58. The molecule has 0 amide bonds. The van der Waals surface area contributed by atoms with E-state index in [0.717, 1.165) is 30.1 Å². The number of thiocarbonyl (C=S) groups is 1. The zero-order valence-corrected chi connectivity index (χ0v) is 9.64. The second kappa shape index (κ2) is 4.62. The molecule has 0 bridgehead atoms. The van der Waals surface area contributed by atoms with Crippen LogP contribution < -0.4 is 10.1 Å². The fraction of sp³-hybridized carbons (Fsp3) is 0.417. The van der Waals surface area contributed by atoms with Crippen LogP contribution in [0.5, 0.6) is 5.75 Å². The Bertz CT molecular complexity index is 347. The maximum absolute atomic E-state index is 5.12. The van der Waals surface area contributed by atoms with Crippen LogP contribution in [-0.2, 0) is 6.42 Å². The van der Waals surface area contributed by atoms with Crippen molar-refractivity contribution in [3.05, 3.63) is 29.8 Å². The van der Waals surface area contributed by atoms with Crippen molar-refractivity contribution < 1.29 is 4.74 Å². The van der Waals surface area contributed by atoms with Gasteiger partial charge in [-0.25, -0.2) is 0 Å². The number of ether oxygens (including phenoxy) is 1. The number of benzene rings is 1. The molecule has 0 saturated carbocycles. The van der Waals surface area contributed by atoms with Crippen molar-refractivity contribution in [1.29, 1.82) is 0 Å². The van der Waals surface area contributed by atoms with Crippen LogP contribution in [-0.4, -0.2) is 18.6 Å². The highest BCUT2D eigenvalue weighted by Crippen LogP contribution is 2.18. The van der Waals surface area contributed by atoms with E-state index in [2.05, 4.69) is 17.4 Å². The first-order chi connectivity index (χ1) is 7.28. The highest BCUT2D eigenvalue weighted by molar-refractivity contribution is 7.80. The summed E-state index contributed by atoms with van der Waals surface area (Å²) in [5.41, 5.74) is 1.35. The molecule has 2 nitrogen and oxygen atoms in total. The van der Waals surface area contributed by atoms with Gasteiger partial charge in [0.15, 0.2) is 0 Å². The first kappa shape index (κ1) is 10.4. The molecule has 1 aromatic carbocycles. The molecule has 1 heterocycles. The van der Waals surface area contributed by atoms with E-state index in [4.69, 9.17) is 17.0 Å². The van der Waals surface area contributed by atoms with Crippen molar-refractivity contribution >= 4 is 17.2 Å². The second-order valence-electron chi connectivity index (χ2n) is 3.93. The lowest BCUT2D eigenvalue weighted by Crippen LogP contribution is -2.13. The summed E-state index contributed by atoms with van der Waals surface area (Å²) in [5, 5.41) is 3.22. The summed E-state index contributed by atoms with van der Waals surface area (Å²) in [6, 6.07) is 8.27. The molecule has 3 heteroatoms. The first-order valence-electron chi connectivity index (χ1n) is 5.17. The molecule has 0 radical (unpaired) electrons. The van der Waals surface area contributed by atoms with E-state index in [-0.39, 0.29) is 0 Å². The number of rotatable bonds is 3. The third kappa shape index (κ3) is 2.69. The van der Waals surface area contributed by atoms with Crippen molar-refractivity contribution in [2.45, 2.75) is 12.8 Å². The molecule has 2 rings (SSSR count). The van der Waals surface area contributed by atoms with E-state index in [1.165, 1.54) is 5.56 Å². The van der Waals surface area contributed by atoms with Gasteiger partial charge >= 0.3 is 0 Å². The van der Waals surface area contributed by atoms with Crippen molar-refractivity contribution in [2.24, 2.45) is 5.92 Å². The quantitative estimate of drug-likeness (QED) is 0.790. The molecule has 1 atom stereocenters. The fourth-order valence-corrected chi connectivity index (χ4v) is 2.22. The Hall–Kier alpha value is -1.09. The molecule has 0 aromatic heterocycles. The van der Waals surface area contributed by atoms with E-state index in [1.54, 1.807) is 7.11 Å². The molecule has 1 N–H and O–H groups in total. The maximum atomic E-state index is 5.12. The van der Waals surface area contributed by atoms with Gasteiger partial charge in [0.2, 0.25) is 0 Å². The average molecular weight is 221 g/mol. The van der Waals surface area contributed by atoms with Gasteiger partial charge in [0.1, 0.15) is 5.75 Å². The molecule has 80 valence electrons. The van der Waals surface area contributed by atoms with E-state index in [1.807, 2.05) is 12.1 Å². The zero-order valence-electron chi connectivity index (χ0n) is 8.82. The van der Waals surface area contributed by atoms with Gasteiger partial charge in [-0.15, -0.1) is 0 Å². The van der Waals surface area contributed by atoms with Gasteiger partial charge < -0.3 is 10.1 Å². The molecular formula is C12H15NOS. The third-order valence-corrected chi connectivity index (χ3v) is 3.06. The van der Waals surface area contributed by atoms with E-state index in [9.17, 15) is 0 Å². The Kier molecular flexibility index (Phi) is 3.21. The molecule has 1 aliphatic heterocycles. The highest BCUT2D eigenvalue weighted by atomic mass is 32.1. The number of hydrogen-bond donors (Lipinski definition) is 1. The number of methoxy groups -OCH3 is 1. The van der Waals surface area contributed by atoms with Crippen LogP contribution in [0.2, 0.25) is 0 Å². The van der Waals surface area contributed by atoms with Crippen LogP contribution in [0.25, 0.3) is 0 Å². The minimum atomic E-state index is 0.658. The molecule has 0 aliphatic carbocycles. The van der Waals surface area contributed by atoms with Crippen molar-refractivity contribution in [1.82, 2.24) is 5.32 Å². The fourth-order valence-electron chi connectivity index (χ4n) is 1.90. The zero-order chi connectivity index (χ0) is 10.7. The van der Waals surface area contributed by atoms with Crippen LogP contribution in [0.1, 0.15) is 12.0 Å². The van der Waals surface area contributed by atoms with Crippen LogP contribution in [0.15, 0.2) is 24.3 Å². The number of hydrogen-bond acceptors (Lipinski definition) is 2. The van der Waals surface area contributed by atoms with Gasteiger partial charge in [-0.3, -0.25) is 0 Å². The largest absolute Gasteiger partial charge is 0.497 e. The monoisotopic (exact) mass is 221 g/mol. The molecule has 1 aliphatic rings. The SMILES string of the molecule is COc1ccc(C[C@@H]2CNC(=S)C2)cc1. The molecule has 15 heavy (non-hydrogen) atoms. The van der Waals surface area contributed by atoms with Crippen LogP contribution >= 0.6 is 12.2 Å². The van der Waals surface area contributed by atoms with Crippen molar-refractivity contribution in [3.63, 3.8) is 0 Å². The van der Waals surface area contributed by atoms with Gasteiger partial charge in [0, 0.05) is 13.0 Å². The minimum Gasteiger partial charge on any atom is -0.497 e. The molecule has 1 aromatic rings. The standard InChI is InChI=1S/C12H15NOS/c1-14-11-4-2-9(3-5-11)6-10-7-12(15)13-8-10/h2-5,10H,6-8H2,1H3,(H,13,15)/t10-/m0/s1. The van der Waals surface area contributed by atoms with Crippen LogP contribution in [0.3, 0.4) is 0 Å². The molecule has 0 spiro atoms. The van der Waals surface area contributed by atoms with Gasteiger partial charge in [-0.2, -0.15) is 0 Å². The molecule has 1 saturated heterocycles. The van der Waals surface area contributed by atoms with Gasteiger partial charge in [-0.1, -0.05) is 24.4 Å². The molecule has 0 unspecified atom stereocenters. The topological polar surface area (TPSA) is 21.3 Å². The average Bonchev–Trinajstić information content (AvgIpc) is 2.65. The summed E-state index contributed by atoms with van der Waals surface area (Å²) in [6.07, 6.45) is 2.12. The van der Waals surface area contributed by atoms with Gasteiger partial charge in [0.25, 0.3) is 0 Å².